The van der Waals surface area contributed by atoms with Gasteiger partial charge in [-0.05, 0) is 49.6 Å². The lowest BCUT2D eigenvalue weighted by Gasteiger charge is -2.20. The van der Waals surface area contributed by atoms with Crippen molar-refractivity contribution in [3.05, 3.63) is 65.0 Å². The maximum Gasteiger partial charge on any atom is 0.253 e. The predicted octanol–water partition coefficient (Wildman–Crippen LogP) is 2.67. The van der Waals surface area contributed by atoms with E-state index in [0.29, 0.717) is 16.8 Å². The first-order valence-electron chi connectivity index (χ1n) is 9.57. The van der Waals surface area contributed by atoms with Crippen molar-refractivity contribution in [3.63, 3.8) is 0 Å². The van der Waals surface area contributed by atoms with Crippen LogP contribution in [0.1, 0.15) is 39.1 Å². The summed E-state index contributed by atoms with van der Waals surface area (Å²) in [6.45, 7) is 2.02. The van der Waals surface area contributed by atoms with E-state index in [4.69, 9.17) is 0 Å². The molecule has 2 aromatic rings. The van der Waals surface area contributed by atoms with Crippen molar-refractivity contribution in [3.8, 4) is 0 Å². The predicted molar refractivity (Wildman–Crippen MR) is 108 cm³/mol. The molecular weight excluding hydrogens is 373 g/mol. The van der Waals surface area contributed by atoms with Crippen LogP contribution in [0.25, 0.3) is 0 Å². The fourth-order valence-corrected chi connectivity index (χ4v) is 2.96. The molecule has 0 atom stereocenters. The van der Waals surface area contributed by atoms with Gasteiger partial charge in [0, 0.05) is 31.6 Å². The minimum atomic E-state index is -0.438. The van der Waals surface area contributed by atoms with E-state index in [2.05, 4.69) is 10.6 Å². The van der Waals surface area contributed by atoms with Gasteiger partial charge in [0.25, 0.3) is 11.8 Å². The summed E-state index contributed by atoms with van der Waals surface area (Å²) >= 11 is 0. The number of anilines is 1. The molecule has 0 saturated heterocycles. The smallest absolute Gasteiger partial charge is 0.253 e. The molecule has 0 bridgehead atoms. The summed E-state index contributed by atoms with van der Waals surface area (Å²) in [7, 11) is 1.67. The molecule has 3 amide bonds. The van der Waals surface area contributed by atoms with Crippen molar-refractivity contribution < 1.29 is 18.8 Å². The fraction of sp³-hybridized carbons (Fsp3) is 0.318. The molecule has 3 rings (SSSR count). The third kappa shape index (κ3) is 4.99. The number of benzene rings is 2. The molecule has 0 unspecified atom stereocenters. The van der Waals surface area contributed by atoms with Gasteiger partial charge in [0.15, 0.2) is 0 Å². The number of aryl methyl sites for hydroxylation is 1. The number of carbonyl (C=O) groups is 3. The van der Waals surface area contributed by atoms with Crippen molar-refractivity contribution in [1.82, 2.24) is 10.6 Å². The first kappa shape index (κ1) is 20.5. The highest BCUT2D eigenvalue weighted by Gasteiger charge is 2.33. The summed E-state index contributed by atoms with van der Waals surface area (Å²) in [4.78, 5) is 38.5. The summed E-state index contributed by atoms with van der Waals surface area (Å²) in [6, 6.07) is 11.2. The van der Waals surface area contributed by atoms with Gasteiger partial charge in [-0.25, -0.2) is 4.39 Å². The minimum absolute atomic E-state index is 0.0165. The van der Waals surface area contributed by atoms with E-state index in [1.807, 2.05) is 0 Å². The van der Waals surface area contributed by atoms with Gasteiger partial charge in [-0.2, -0.15) is 0 Å². The minimum Gasteiger partial charge on any atom is -0.350 e. The van der Waals surface area contributed by atoms with Gasteiger partial charge in [-0.15, -0.1) is 0 Å². The Morgan fingerprint density at radius 3 is 2.34 bits per heavy atom. The Morgan fingerprint density at radius 2 is 1.69 bits per heavy atom. The number of amides is 3. The molecule has 0 spiro atoms. The summed E-state index contributed by atoms with van der Waals surface area (Å²) in [5.74, 6) is -1.10. The number of halogens is 1. The van der Waals surface area contributed by atoms with E-state index in [9.17, 15) is 18.8 Å². The number of hydrogen-bond acceptors (Lipinski definition) is 3. The highest BCUT2D eigenvalue weighted by atomic mass is 19.1. The molecule has 0 heterocycles. The Bertz CT molecular complexity index is 941. The Kier molecular flexibility index (Phi) is 6.26. The van der Waals surface area contributed by atoms with Crippen molar-refractivity contribution in [1.29, 1.82) is 0 Å². The van der Waals surface area contributed by atoms with Gasteiger partial charge < -0.3 is 15.5 Å². The number of carbonyl (C=O) groups excluding carboxylic acids is 3. The third-order valence-electron chi connectivity index (χ3n) is 4.90. The zero-order chi connectivity index (χ0) is 21.0. The van der Waals surface area contributed by atoms with E-state index in [1.165, 1.54) is 11.0 Å². The van der Waals surface area contributed by atoms with Gasteiger partial charge in [0.05, 0.1) is 11.3 Å². The van der Waals surface area contributed by atoms with E-state index >= 15 is 0 Å². The van der Waals surface area contributed by atoms with Crippen molar-refractivity contribution in [2.24, 2.45) is 5.92 Å². The maximum absolute atomic E-state index is 13.6. The summed E-state index contributed by atoms with van der Waals surface area (Å²) in [5, 5.41) is 5.39. The second kappa shape index (κ2) is 8.86. The molecular formula is C22H24FN3O3. The van der Waals surface area contributed by atoms with Crippen LogP contribution in [-0.4, -0.2) is 37.9 Å². The molecule has 1 saturated carbocycles. The Morgan fingerprint density at radius 1 is 1.03 bits per heavy atom. The second-order valence-electron chi connectivity index (χ2n) is 7.16. The van der Waals surface area contributed by atoms with Crippen molar-refractivity contribution in [2.75, 3.05) is 25.0 Å². The van der Waals surface area contributed by atoms with Crippen LogP contribution in [0.4, 0.5) is 10.1 Å². The molecule has 0 aliphatic heterocycles. The Hall–Kier alpha value is -3.22. The summed E-state index contributed by atoms with van der Waals surface area (Å²) in [5.41, 5.74) is 1.65. The van der Waals surface area contributed by atoms with Gasteiger partial charge in [0.2, 0.25) is 5.91 Å². The first-order valence-corrected chi connectivity index (χ1v) is 9.57. The number of hydrogen-bond donors (Lipinski definition) is 2. The largest absolute Gasteiger partial charge is 0.350 e. The van der Waals surface area contributed by atoms with Crippen LogP contribution in [0.3, 0.4) is 0 Å². The maximum atomic E-state index is 13.6. The monoisotopic (exact) mass is 397 g/mol. The molecule has 0 aromatic heterocycles. The highest BCUT2D eigenvalue weighted by Crippen LogP contribution is 2.33. The SMILES string of the molecule is Cc1ccc(C(=O)NCCNC(=O)c2ccccc2N(C)C(=O)C2CC2)cc1F. The molecule has 1 aliphatic carbocycles. The van der Waals surface area contributed by atoms with Crippen LogP contribution >= 0.6 is 0 Å². The molecule has 152 valence electrons. The Balaban J connectivity index is 1.54. The first-order chi connectivity index (χ1) is 13.9. The zero-order valence-corrected chi connectivity index (χ0v) is 16.5. The van der Waals surface area contributed by atoms with Crippen LogP contribution in [0.15, 0.2) is 42.5 Å². The molecule has 1 fully saturated rings. The molecule has 1 aliphatic rings. The summed E-state index contributed by atoms with van der Waals surface area (Å²) in [6.07, 6.45) is 1.78. The van der Waals surface area contributed by atoms with Crippen LogP contribution < -0.4 is 15.5 Å². The molecule has 6 nitrogen and oxygen atoms in total. The van der Waals surface area contributed by atoms with E-state index < -0.39 is 11.7 Å². The van der Waals surface area contributed by atoms with Crippen LogP contribution in [0.5, 0.6) is 0 Å². The van der Waals surface area contributed by atoms with Crippen LogP contribution in [-0.2, 0) is 4.79 Å². The van der Waals surface area contributed by atoms with Gasteiger partial charge in [-0.3, -0.25) is 14.4 Å². The van der Waals surface area contributed by atoms with Gasteiger partial charge in [0.1, 0.15) is 5.82 Å². The van der Waals surface area contributed by atoms with Gasteiger partial charge in [-0.1, -0.05) is 18.2 Å². The third-order valence-corrected chi connectivity index (χ3v) is 4.90. The summed E-state index contributed by atoms with van der Waals surface area (Å²) < 4.78 is 13.6. The lowest BCUT2D eigenvalue weighted by atomic mass is 10.1. The molecule has 0 radical (unpaired) electrons. The number of nitrogens with zero attached hydrogens (tertiary/aromatic N) is 1. The van der Waals surface area contributed by atoms with Crippen LogP contribution in [0.2, 0.25) is 0 Å². The zero-order valence-electron chi connectivity index (χ0n) is 16.5. The average molecular weight is 397 g/mol. The lowest BCUT2D eigenvalue weighted by Crippen LogP contribution is -2.36. The standard InChI is InChI=1S/C22H24FN3O3/c1-14-7-8-16(13-18(14)23)20(27)24-11-12-25-21(28)17-5-3-4-6-19(17)26(2)22(29)15-9-10-15/h3-8,13,15H,9-12H2,1-2H3,(H,24,27)(H,25,28). The van der Waals surface area contributed by atoms with Crippen molar-refractivity contribution >= 4 is 23.4 Å². The van der Waals surface area contributed by atoms with E-state index in [1.54, 1.807) is 50.4 Å². The normalized spacial score (nSPS) is 12.9. The highest BCUT2D eigenvalue weighted by molar-refractivity contribution is 6.05. The van der Waals surface area contributed by atoms with Crippen molar-refractivity contribution in [2.45, 2.75) is 19.8 Å². The molecule has 7 heteroatoms. The van der Waals surface area contributed by atoms with E-state index in [0.717, 1.165) is 12.8 Å². The van der Waals surface area contributed by atoms with Gasteiger partial charge >= 0.3 is 0 Å². The molecule has 2 aromatic carbocycles. The van der Waals surface area contributed by atoms with E-state index in [-0.39, 0.29) is 36.4 Å². The average Bonchev–Trinajstić information content (AvgIpc) is 3.57. The number of para-hydroxylation sites is 1. The number of rotatable bonds is 7. The topological polar surface area (TPSA) is 78.5 Å². The fourth-order valence-electron chi connectivity index (χ4n) is 2.96. The molecule has 2 N–H and O–H groups in total. The quantitative estimate of drug-likeness (QED) is 0.705. The second-order valence-corrected chi connectivity index (χ2v) is 7.16. The lowest BCUT2D eigenvalue weighted by molar-refractivity contribution is -0.119. The Labute approximate surface area is 169 Å². The number of nitrogens with one attached hydrogen (secondary N) is 2. The molecule has 29 heavy (non-hydrogen) atoms. The van der Waals surface area contributed by atoms with Crippen LogP contribution in [0, 0.1) is 18.7 Å².